The van der Waals surface area contributed by atoms with E-state index in [0.717, 1.165) is 30.1 Å². The van der Waals surface area contributed by atoms with Gasteiger partial charge in [0.05, 0.1) is 6.10 Å². The molecule has 1 nitrogen and oxygen atoms in total. The standard InChI is InChI=1S/C29H48O/c1-18(2)19(3)8-9-20(4)23-12-13-25-22-10-11-24-21(5)27(30)15-17-29(24,7)26(22)14-16-28(23,25)6/h10,19-21,23-27,30H,1,8-9,11-17H2,2-7H3/t19?,20-,21+,23-,24+,25+,26+,27+,28-,29+/m1/s1. The van der Waals surface area contributed by atoms with Crippen LogP contribution in [-0.2, 0) is 0 Å². The van der Waals surface area contributed by atoms with Gasteiger partial charge in [0.15, 0.2) is 0 Å². The normalized spacial score (nSPS) is 47.5. The zero-order valence-electron chi connectivity index (χ0n) is 20.7. The van der Waals surface area contributed by atoms with E-state index >= 15 is 0 Å². The molecule has 0 aromatic carbocycles. The van der Waals surface area contributed by atoms with Gasteiger partial charge in [0.2, 0.25) is 0 Å². The van der Waals surface area contributed by atoms with E-state index in [0.29, 0.717) is 28.6 Å². The van der Waals surface area contributed by atoms with Gasteiger partial charge in [0, 0.05) is 0 Å². The lowest BCUT2D eigenvalue weighted by molar-refractivity contribution is -0.0773. The number of allylic oxidation sites excluding steroid dienone is 3. The Balaban J connectivity index is 1.52. The fraction of sp³-hybridized carbons (Fsp3) is 0.862. The van der Waals surface area contributed by atoms with Crippen LogP contribution in [0.25, 0.3) is 0 Å². The van der Waals surface area contributed by atoms with Gasteiger partial charge in [-0.25, -0.2) is 0 Å². The highest BCUT2D eigenvalue weighted by molar-refractivity contribution is 5.28. The predicted octanol–water partition coefficient (Wildman–Crippen LogP) is 7.80. The first kappa shape index (κ1) is 22.6. The van der Waals surface area contributed by atoms with Gasteiger partial charge in [0.25, 0.3) is 0 Å². The molecule has 4 aliphatic rings. The van der Waals surface area contributed by atoms with E-state index in [-0.39, 0.29) is 6.10 Å². The Morgan fingerprint density at radius 2 is 1.73 bits per heavy atom. The van der Waals surface area contributed by atoms with Gasteiger partial charge in [0.1, 0.15) is 0 Å². The van der Waals surface area contributed by atoms with E-state index in [1.54, 1.807) is 0 Å². The molecule has 170 valence electrons. The third-order valence-electron chi connectivity index (χ3n) is 11.2. The summed E-state index contributed by atoms with van der Waals surface area (Å²) in [6, 6.07) is 0. The zero-order chi connectivity index (χ0) is 21.8. The second-order valence-electron chi connectivity index (χ2n) is 12.7. The van der Waals surface area contributed by atoms with Crippen LogP contribution in [0.5, 0.6) is 0 Å². The highest BCUT2D eigenvalue weighted by Gasteiger charge is 2.59. The Hall–Kier alpha value is -0.560. The van der Waals surface area contributed by atoms with Crippen molar-refractivity contribution >= 4 is 0 Å². The molecule has 0 aromatic rings. The monoisotopic (exact) mass is 412 g/mol. The number of aliphatic hydroxyl groups is 1. The van der Waals surface area contributed by atoms with Crippen molar-refractivity contribution in [2.75, 3.05) is 0 Å². The van der Waals surface area contributed by atoms with Crippen molar-refractivity contribution in [3.05, 3.63) is 23.8 Å². The fourth-order valence-corrected chi connectivity index (χ4v) is 8.88. The topological polar surface area (TPSA) is 20.2 Å². The molecule has 0 saturated heterocycles. The molecule has 4 rings (SSSR count). The largest absolute Gasteiger partial charge is 0.393 e. The number of fused-ring (bicyclic) bond motifs is 5. The molecule has 0 heterocycles. The fourth-order valence-electron chi connectivity index (χ4n) is 8.88. The van der Waals surface area contributed by atoms with Crippen molar-refractivity contribution in [2.45, 2.75) is 105 Å². The molecule has 3 saturated carbocycles. The van der Waals surface area contributed by atoms with Crippen molar-refractivity contribution in [3.63, 3.8) is 0 Å². The molecule has 0 amide bonds. The Bertz CT molecular complexity index is 690. The summed E-state index contributed by atoms with van der Waals surface area (Å²) in [5, 5.41) is 10.5. The van der Waals surface area contributed by atoms with E-state index in [9.17, 15) is 5.11 Å². The maximum Gasteiger partial charge on any atom is 0.0568 e. The maximum absolute atomic E-state index is 10.5. The maximum atomic E-state index is 10.5. The summed E-state index contributed by atoms with van der Waals surface area (Å²) in [7, 11) is 0. The second-order valence-corrected chi connectivity index (χ2v) is 12.7. The summed E-state index contributed by atoms with van der Waals surface area (Å²) in [4.78, 5) is 0. The van der Waals surface area contributed by atoms with Crippen LogP contribution < -0.4 is 0 Å². The van der Waals surface area contributed by atoms with Crippen LogP contribution in [0.4, 0.5) is 0 Å². The van der Waals surface area contributed by atoms with E-state index in [2.05, 4.69) is 54.2 Å². The van der Waals surface area contributed by atoms with Crippen LogP contribution in [0.15, 0.2) is 23.8 Å². The molecular formula is C29H48O. The Morgan fingerprint density at radius 1 is 1.07 bits per heavy atom. The van der Waals surface area contributed by atoms with Gasteiger partial charge in [-0.05, 0) is 117 Å². The first-order chi connectivity index (χ1) is 14.1. The van der Waals surface area contributed by atoms with E-state index < -0.39 is 0 Å². The lowest BCUT2D eigenvalue weighted by Crippen LogP contribution is -2.52. The van der Waals surface area contributed by atoms with E-state index in [4.69, 9.17) is 0 Å². The van der Waals surface area contributed by atoms with Crippen LogP contribution in [0, 0.1) is 52.3 Å². The van der Waals surface area contributed by atoms with Gasteiger partial charge >= 0.3 is 0 Å². The third kappa shape index (κ3) is 3.46. The van der Waals surface area contributed by atoms with E-state index in [1.165, 1.54) is 56.9 Å². The van der Waals surface area contributed by atoms with Crippen molar-refractivity contribution < 1.29 is 5.11 Å². The molecular weight excluding hydrogens is 364 g/mol. The van der Waals surface area contributed by atoms with Crippen LogP contribution >= 0.6 is 0 Å². The SMILES string of the molecule is C=C(C)C(C)CC[C@@H](C)[C@H]1CC[C@H]2C3=CC[C@H]4[C@H](C)[C@@H](O)CC[C@]4(C)[C@H]3CC[C@]12C. The lowest BCUT2D eigenvalue weighted by Gasteiger charge is -2.59. The summed E-state index contributed by atoms with van der Waals surface area (Å²) in [6.07, 6.45) is 14.4. The summed E-state index contributed by atoms with van der Waals surface area (Å²) >= 11 is 0. The summed E-state index contributed by atoms with van der Waals surface area (Å²) in [5.41, 5.74) is 4.14. The molecule has 1 N–H and O–H groups in total. The third-order valence-corrected chi connectivity index (χ3v) is 11.2. The lowest BCUT2D eigenvalue weighted by atomic mass is 9.46. The number of hydrogen-bond acceptors (Lipinski definition) is 1. The van der Waals surface area contributed by atoms with Crippen molar-refractivity contribution in [1.29, 1.82) is 0 Å². The zero-order valence-corrected chi connectivity index (χ0v) is 20.7. The predicted molar refractivity (Wildman–Crippen MR) is 128 cm³/mol. The first-order valence-corrected chi connectivity index (χ1v) is 13.1. The molecule has 1 unspecified atom stereocenters. The molecule has 0 spiro atoms. The molecule has 0 radical (unpaired) electrons. The summed E-state index contributed by atoms with van der Waals surface area (Å²) in [6.45, 7) is 18.8. The minimum Gasteiger partial charge on any atom is -0.393 e. The Kier molecular flexibility index (Phi) is 6.10. The Morgan fingerprint density at radius 3 is 2.43 bits per heavy atom. The van der Waals surface area contributed by atoms with Crippen LogP contribution in [0.1, 0.15) is 99.3 Å². The van der Waals surface area contributed by atoms with Gasteiger partial charge in [-0.15, -0.1) is 0 Å². The molecule has 30 heavy (non-hydrogen) atoms. The van der Waals surface area contributed by atoms with Crippen LogP contribution in [0.3, 0.4) is 0 Å². The smallest absolute Gasteiger partial charge is 0.0568 e. The van der Waals surface area contributed by atoms with Gasteiger partial charge in [-0.2, -0.15) is 0 Å². The Labute approximate surface area is 186 Å². The highest BCUT2D eigenvalue weighted by Crippen LogP contribution is 2.67. The molecule has 1 heteroatoms. The molecule has 0 bridgehead atoms. The number of hydrogen-bond donors (Lipinski definition) is 1. The average molecular weight is 413 g/mol. The van der Waals surface area contributed by atoms with Gasteiger partial charge in [-0.3, -0.25) is 0 Å². The summed E-state index contributed by atoms with van der Waals surface area (Å²) in [5.74, 6) is 5.12. The van der Waals surface area contributed by atoms with Gasteiger partial charge < -0.3 is 5.11 Å². The quantitative estimate of drug-likeness (QED) is 0.457. The number of rotatable bonds is 5. The summed E-state index contributed by atoms with van der Waals surface area (Å²) < 4.78 is 0. The molecule has 0 aromatic heterocycles. The van der Waals surface area contributed by atoms with Crippen molar-refractivity contribution in [1.82, 2.24) is 0 Å². The molecule has 3 fully saturated rings. The molecule has 4 aliphatic carbocycles. The van der Waals surface area contributed by atoms with E-state index in [1.807, 2.05) is 5.57 Å². The van der Waals surface area contributed by atoms with Crippen LogP contribution in [-0.4, -0.2) is 11.2 Å². The van der Waals surface area contributed by atoms with Crippen molar-refractivity contribution in [3.8, 4) is 0 Å². The molecule has 0 aliphatic heterocycles. The van der Waals surface area contributed by atoms with Crippen LogP contribution in [0.2, 0.25) is 0 Å². The first-order valence-electron chi connectivity index (χ1n) is 13.1. The second kappa shape index (κ2) is 8.09. The number of aliphatic hydroxyl groups excluding tert-OH is 1. The highest BCUT2D eigenvalue weighted by atomic mass is 16.3. The minimum atomic E-state index is -0.0785. The average Bonchev–Trinajstić information content (AvgIpc) is 3.06. The minimum absolute atomic E-state index is 0.0785. The van der Waals surface area contributed by atoms with Crippen molar-refractivity contribution in [2.24, 2.45) is 52.3 Å². The van der Waals surface area contributed by atoms with Gasteiger partial charge in [-0.1, -0.05) is 58.4 Å². The molecule has 10 atom stereocenters.